The van der Waals surface area contributed by atoms with E-state index in [9.17, 15) is 14.7 Å². The van der Waals surface area contributed by atoms with Crippen molar-refractivity contribution in [1.29, 1.82) is 0 Å². The van der Waals surface area contributed by atoms with E-state index in [-0.39, 0.29) is 26.9 Å². The van der Waals surface area contributed by atoms with Crippen LogP contribution in [0.25, 0.3) is 0 Å². The van der Waals surface area contributed by atoms with Gasteiger partial charge < -0.3 is 5.11 Å². The lowest BCUT2D eigenvalue weighted by Crippen LogP contribution is -2.17. The quantitative estimate of drug-likeness (QED) is 0.761. The molecule has 0 unspecified atom stereocenters. The highest BCUT2D eigenvalue weighted by atomic mass is 35.5. The van der Waals surface area contributed by atoms with Crippen LogP contribution in [-0.4, -0.2) is 16.7 Å². The maximum absolute atomic E-state index is 11.6. The first-order chi connectivity index (χ1) is 7.02. The van der Waals surface area contributed by atoms with Gasteiger partial charge in [-0.25, -0.2) is 0 Å². The van der Waals surface area contributed by atoms with Crippen molar-refractivity contribution in [3.8, 4) is 5.75 Å². The second-order valence-corrected chi connectivity index (χ2v) is 3.77. The standard InChI is InChI=1S/C10H4Cl2O3/c11-7-8(12)10(15)6-3-4(13)1-2-5(6)9(7)14/h1-3,13H. The van der Waals surface area contributed by atoms with Crippen molar-refractivity contribution in [2.75, 3.05) is 0 Å². The number of carbonyl (C=O) groups excluding carboxylic acids is 2. The van der Waals surface area contributed by atoms with Gasteiger partial charge in [-0.3, -0.25) is 9.59 Å². The number of rotatable bonds is 0. The van der Waals surface area contributed by atoms with E-state index in [4.69, 9.17) is 23.2 Å². The van der Waals surface area contributed by atoms with Crippen LogP contribution in [0.5, 0.6) is 5.75 Å². The summed E-state index contributed by atoms with van der Waals surface area (Å²) in [6.07, 6.45) is 0. The molecule has 0 amide bonds. The first-order valence-corrected chi connectivity index (χ1v) is 4.75. The number of hydrogen-bond donors (Lipinski definition) is 1. The fourth-order valence-electron chi connectivity index (χ4n) is 1.35. The van der Waals surface area contributed by atoms with Crippen LogP contribution in [0, 0.1) is 0 Å². The Morgan fingerprint density at radius 1 is 0.933 bits per heavy atom. The molecule has 5 heteroatoms. The van der Waals surface area contributed by atoms with Gasteiger partial charge in [0, 0.05) is 11.1 Å². The third-order valence-corrected chi connectivity index (χ3v) is 2.90. The summed E-state index contributed by atoms with van der Waals surface area (Å²) >= 11 is 11.2. The Morgan fingerprint density at radius 3 is 2.07 bits per heavy atom. The number of aromatic hydroxyl groups is 1. The summed E-state index contributed by atoms with van der Waals surface area (Å²) in [7, 11) is 0. The van der Waals surface area contributed by atoms with Crippen LogP contribution in [0.1, 0.15) is 20.7 Å². The van der Waals surface area contributed by atoms with Gasteiger partial charge in [0.05, 0.1) is 0 Å². The van der Waals surface area contributed by atoms with Crippen molar-refractivity contribution >= 4 is 34.8 Å². The highest BCUT2D eigenvalue weighted by molar-refractivity contribution is 6.59. The Kier molecular flexibility index (Phi) is 2.29. The number of Topliss-reactive ketones (excluding diaryl/α,β-unsaturated/α-hetero) is 2. The maximum atomic E-state index is 11.6. The van der Waals surface area contributed by atoms with E-state index in [0.717, 1.165) is 0 Å². The predicted molar refractivity (Wildman–Crippen MR) is 55.5 cm³/mol. The van der Waals surface area contributed by atoms with Crippen molar-refractivity contribution in [3.63, 3.8) is 0 Å². The van der Waals surface area contributed by atoms with Crippen LogP contribution >= 0.6 is 23.2 Å². The van der Waals surface area contributed by atoms with Gasteiger partial charge in [-0.2, -0.15) is 0 Å². The average molecular weight is 243 g/mol. The normalized spacial score (nSPS) is 15.6. The van der Waals surface area contributed by atoms with Crippen LogP contribution in [0.2, 0.25) is 0 Å². The summed E-state index contributed by atoms with van der Waals surface area (Å²) in [5.41, 5.74) is 0.238. The minimum Gasteiger partial charge on any atom is -0.508 e. The number of ketones is 2. The number of allylic oxidation sites excluding steroid dienone is 2. The molecule has 1 aromatic carbocycles. The fourth-order valence-corrected chi connectivity index (χ4v) is 1.73. The lowest BCUT2D eigenvalue weighted by molar-refractivity contribution is 0.0986. The highest BCUT2D eigenvalue weighted by Gasteiger charge is 2.30. The first-order valence-electron chi connectivity index (χ1n) is 4.00. The zero-order valence-electron chi connectivity index (χ0n) is 7.25. The largest absolute Gasteiger partial charge is 0.508 e. The van der Waals surface area contributed by atoms with Crippen molar-refractivity contribution in [2.45, 2.75) is 0 Å². The summed E-state index contributed by atoms with van der Waals surface area (Å²) in [6.45, 7) is 0. The lowest BCUT2D eigenvalue weighted by Gasteiger charge is -2.13. The van der Waals surface area contributed by atoms with Crippen molar-refractivity contribution < 1.29 is 14.7 Å². The lowest BCUT2D eigenvalue weighted by atomic mass is 9.94. The number of hydrogen-bond acceptors (Lipinski definition) is 3. The van der Waals surface area contributed by atoms with Gasteiger partial charge in [0.25, 0.3) is 0 Å². The molecule has 0 heterocycles. The Labute approximate surface area is 94.9 Å². The van der Waals surface area contributed by atoms with Crippen LogP contribution in [-0.2, 0) is 0 Å². The fraction of sp³-hybridized carbons (Fsp3) is 0. The molecule has 0 saturated heterocycles. The van der Waals surface area contributed by atoms with Crippen LogP contribution in [0.3, 0.4) is 0 Å². The number of halogens is 2. The molecule has 15 heavy (non-hydrogen) atoms. The number of phenolic OH excluding ortho intramolecular Hbond substituents is 1. The molecule has 0 spiro atoms. The molecule has 1 aliphatic carbocycles. The van der Waals surface area contributed by atoms with E-state index in [1.807, 2.05) is 0 Å². The zero-order valence-corrected chi connectivity index (χ0v) is 8.76. The van der Waals surface area contributed by atoms with Gasteiger partial charge in [-0.05, 0) is 18.2 Å². The molecule has 0 fully saturated rings. The molecule has 0 radical (unpaired) electrons. The Balaban J connectivity index is 2.73. The van der Waals surface area contributed by atoms with Crippen LogP contribution in [0.4, 0.5) is 0 Å². The van der Waals surface area contributed by atoms with E-state index >= 15 is 0 Å². The molecule has 2 rings (SSSR count). The van der Waals surface area contributed by atoms with Crippen molar-refractivity contribution in [2.24, 2.45) is 0 Å². The second kappa shape index (κ2) is 3.36. The van der Waals surface area contributed by atoms with Crippen molar-refractivity contribution in [1.82, 2.24) is 0 Å². The molecular formula is C10H4Cl2O3. The molecule has 1 N–H and O–H groups in total. The van der Waals surface area contributed by atoms with Gasteiger partial charge in [-0.15, -0.1) is 0 Å². The summed E-state index contributed by atoms with van der Waals surface area (Å²) in [6, 6.07) is 3.85. The zero-order chi connectivity index (χ0) is 11.2. The molecular weight excluding hydrogens is 239 g/mol. The number of benzene rings is 1. The molecule has 76 valence electrons. The third kappa shape index (κ3) is 1.44. The van der Waals surface area contributed by atoms with Gasteiger partial charge in [0.2, 0.25) is 11.6 Å². The van der Waals surface area contributed by atoms with Gasteiger partial charge >= 0.3 is 0 Å². The monoisotopic (exact) mass is 242 g/mol. The van der Waals surface area contributed by atoms with Crippen LogP contribution in [0.15, 0.2) is 28.3 Å². The summed E-state index contributed by atoms with van der Waals surface area (Å²) < 4.78 is 0. The number of phenols is 1. The molecule has 1 aliphatic rings. The third-order valence-electron chi connectivity index (χ3n) is 2.08. The average Bonchev–Trinajstić information content (AvgIpc) is 2.23. The summed E-state index contributed by atoms with van der Waals surface area (Å²) in [5, 5.41) is 8.61. The Morgan fingerprint density at radius 2 is 1.47 bits per heavy atom. The van der Waals surface area contributed by atoms with E-state index in [1.165, 1.54) is 18.2 Å². The molecule has 0 atom stereocenters. The molecule has 0 bridgehead atoms. The molecule has 0 aromatic heterocycles. The van der Waals surface area contributed by atoms with Crippen molar-refractivity contribution in [3.05, 3.63) is 39.4 Å². The summed E-state index contributed by atoms with van der Waals surface area (Å²) in [5.74, 6) is -1.15. The Bertz CT molecular complexity index is 517. The topological polar surface area (TPSA) is 54.4 Å². The SMILES string of the molecule is O=C1C(Cl)=C(Cl)C(=O)c2cc(O)ccc21. The van der Waals surface area contributed by atoms with Crippen LogP contribution < -0.4 is 0 Å². The van der Waals surface area contributed by atoms with Gasteiger partial charge in [-0.1, -0.05) is 23.2 Å². The molecule has 3 nitrogen and oxygen atoms in total. The maximum Gasteiger partial charge on any atom is 0.206 e. The van der Waals surface area contributed by atoms with Gasteiger partial charge in [0.1, 0.15) is 15.8 Å². The Hall–Kier alpha value is -1.32. The van der Waals surface area contributed by atoms with E-state index in [1.54, 1.807) is 0 Å². The van der Waals surface area contributed by atoms with E-state index in [0.29, 0.717) is 0 Å². The molecule has 0 saturated carbocycles. The molecule has 1 aromatic rings. The van der Waals surface area contributed by atoms with E-state index < -0.39 is 11.6 Å². The predicted octanol–water partition coefficient (Wildman–Crippen LogP) is 2.46. The number of carbonyl (C=O) groups is 2. The first kappa shape index (κ1) is 10.2. The second-order valence-electron chi connectivity index (χ2n) is 3.02. The van der Waals surface area contributed by atoms with Gasteiger partial charge in [0.15, 0.2) is 0 Å². The molecule has 0 aliphatic heterocycles. The smallest absolute Gasteiger partial charge is 0.206 e. The minimum absolute atomic E-state index is 0.0781. The number of fused-ring (bicyclic) bond motifs is 1. The summed E-state index contributed by atoms with van der Waals surface area (Å²) in [4.78, 5) is 23.2. The highest BCUT2D eigenvalue weighted by Crippen LogP contribution is 2.32. The minimum atomic E-state index is -0.549. The van der Waals surface area contributed by atoms with E-state index in [2.05, 4.69) is 0 Å².